The number of methoxy groups -OCH3 is 1. The van der Waals surface area contributed by atoms with Crippen molar-refractivity contribution in [3.63, 3.8) is 0 Å². The molecule has 0 saturated carbocycles. The summed E-state index contributed by atoms with van der Waals surface area (Å²) in [6, 6.07) is -0.0568. The van der Waals surface area contributed by atoms with Crippen LogP contribution < -0.4 is 5.73 Å². The van der Waals surface area contributed by atoms with Crippen molar-refractivity contribution in [2.24, 2.45) is 10.7 Å². The summed E-state index contributed by atoms with van der Waals surface area (Å²) in [7, 11) is 1.56. The van der Waals surface area contributed by atoms with E-state index in [2.05, 4.69) is 4.99 Å². The smallest absolute Gasteiger partial charge is 0.294 e. The van der Waals surface area contributed by atoms with Gasteiger partial charge in [0.2, 0.25) is 0 Å². The number of amidine groups is 1. The van der Waals surface area contributed by atoms with E-state index in [0.717, 1.165) is 0 Å². The molecule has 5 heteroatoms. The Bertz CT molecular complexity index is 227. The van der Waals surface area contributed by atoms with Gasteiger partial charge in [-0.1, -0.05) is 0 Å². The third-order valence-corrected chi connectivity index (χ3v) is 1.78. The molecule has 1 amide bonds. The molecule has 0 aromatic rings. The molecule has 1 heterocycles. The minimum absolute atomic E-state index is 0.0568. The highest BCUT2D eigenvalue weighted by atomic mass is 16.5. The summed E-state index contributed by atoms with van der Waals surface area (Å²) < 4.78 is 9.89. The van der Waals surface area contributed by atoms with E-state index in [9.17, 15) is 4.79 Å². The van der Waals surface area contributed by atoms with Gasteiger partial charge in [0.25, 0.3) is 11.9 Å². The van der Waals surface area contributed by atoms with Gasteiger partial charge in [-0.25, -0.2) is 0 Å². The van der Waals surface area contributed by atoms with Crippen LogP contribution in [0.25, 0.3) is 0 Å². The first kappa shape index (κ1) is 8.99. The van der Waals surface area contributed by atoms with Crippen molar-refractivity contribution in [1.82, 2.24) is 0 Å². The Morgan fingerprint density at radius 3 is 2.83 bits per heavy atom. The predicted molar refractivity (Wildman–Crippen MR) is 42.6 cm³/mol. The molecule has 5 nitrogen and oxygen atoms in total. The fraction of sp³-hybridized carbons (Fsp3) is 0.714. The van der Waals surface area contributed by atoms with E-state index in [1.807, 2.05) is 0 Å². The molecular weight excluding hydrogens is 160 g/mol. The van der Waals surface area contributed by atoms with Crippen molar-refractivity contribution in [2.75, 3.05) is 13.7 Å². The van der Waals surface area contributed by atoms with Crippen LogP contribution in [0.5, 0.6) is 0 Å². The fourth-order valence-electron chi connectivity index (χ4n) is 0.970. The first-order chi connectivity index (χ1) is 5.58. The zero-order chi connectivity index (χ0) is 9.19. The minimum Gasteiger partial charge on any atom is -0.448 e. The largest absolute Gasteiger partial charge is 0.448 e. The molecule has 1 unspecified atom stereocenters. The van der Waals surface area contributed by atoms with E-state index in [0.29, 0.717) is 13.0 Å². The Kier molecular flexibility index (Phi) is 2.32. The second-order valence-corrected chi connectivity index (χ2v) is 2.83. The lowest BCUT2D eigenvalue weighted by atomic mass is 10.0. The molecule has 0 radical (unpaired) electrons. The lowest BCUT2D eigenvalue weighted by molar-refractivity contribution is -0.130. The van der Waals surface area contributed by atoms with E-state index >= 15 is 0 Å². The average Bonchev–Trinajstić information content (AvgIpc) is 2.23. The first-order valence-corrected chi connectivity index (χ1v) is 3.65. The van der Waals surface area contributed by atoms with Gasteiger partial charge in [0, 0.05) is 13.5 Å². The number of carbonyl (C=O) groups is 1. The van der Waals surface area contributed by atoms with Crippen LogP contribution in [0, 0.1) is 0 Å². The molecule has 0 fully saturated rings. The highest BCUT2D eigenvalue weighted by Crippen LogP contribution is 2.22. The van der Waals surface area contributed by atoms with Crippen LogP contribution >= 0.6 is 0 Å². The summed E-state index contributed by atoms with van der Waals surface area (Å²) in [5.74, 6) is -0.336. The molecule has 0 aromatic heterocycles. The Balaban J connectivity index is 2.57. The van der Waals surface area contributed by atoms with Gasteiger partial charge < -0.3 is 15.2 Å². The Labute approximate surface area is 70.5 Å². The minimum atomic E-state index is -0.917. The van der Waals surface area contributed by atoms with Crippen LogP contribution in [0.3, 0.4) is 0 Å². The third kappa shape index (κ3) is 1.55. The van der Waals surface area contributed by atoms with Crippen LogP contribution in [0.4, 0.5) is 0 Å². The van der Waals surface area contributed by atoms with E-state index in [4.69, 9.17) is 15.2 Å². The summed E-state index contributed by atoms with van der Waals surface area (Å²) >= 11 is 0. The predicted octanol–water partition coefficient (Wildman–Crippen LogP) is -0.347. The normalized spacial score (nSPS) is 28.5. The van der Waals surface area contributed by atoms with Crippen LogP contribution in [0.1, 0.15) is 13.3 Å². The molecule has 68 valence electrons. The molecule has 0 aromatic carbocycles. The lowest BCUT2D eigenvalue weighted by Crippen LogP contribution is -2.35. The van der Waals surface area contributed by atoms with Gasteiger partial charge >= 0.3 is 0 Å². The topological polar surface area (TPSA) is 73.9 Å². The quantitative estimate of drug-likeness (QED) is 0.631. The average molecular weight is 172 g/mol. The van der Waals surface area contributed by atoms with Crippen LogP contribution in [0.15, 0.2) is 4.99 Å². The summed E-state index contributed by atoms with van der Waals surface area (Å²) in [6.07, 6.45) is 0.465. The monoisotopic (exact) mass is 172 g/mol. The number of carbonyl (C=O) groups excluding carboxylic acids is 1. The zero-order valence-corrected chi connectivity index (χ0v) is 7.16. The maximum absolute atomic E-state index is 11.2. The molecular formula is C7H12N2O3. The molecule has 0 aliphatic carbocycles. The Morgan fingerprint density at radius 1 is 1.75 bits per heavy atom. The number of aliphatic imine (C=N–C) groups is 1. The van der Waals surface area contributed by atoms with Crippen LogP contribution in [-0.4, -0.2) is 31.2 Å². The van der Waals surface area contributed by atoms with Gasteiger partial charge in [-0.05, 0) is 6.92 Å². The van der Waals surface area contributed by atoms with Crippen LogP contribution in [-0.2, 0) is 14.3 Å². The highest BCUT2D eigenvalue weighted by molar-refractivity contribution is 6.00. The second kappa shape index (κ2) is 3.10. The molecule has 0 saturated heterocycles. The van der Waals surface area contributed by atoms with Gasteiger partial charge in [-0.2, -0.15) is 4.99 Å². The Hall–Kier alpha value is -1.10. The number of nitrogens with two attached hydrogens (primary N) is 1. The SMILES string of the molecule is COCCC1(C)OC(N)=NC1=O. The number of ether oxygens (including phenoxy) is 2. The van der Waals surface area contributed by atoms with Gasteiger partial charge in [0.05, 0.1) is 6.61 Å². The summed E-state index contributed by atoms with van der Waals surface area (Å²) in [6.45, 7) is 2.10. The molecule has 1 atom stereocenters. The third-order valence-electron chi connectivity index (χ3n) is 1.78. The van der Waals surface area contributed by atoms with Gasteiger partial charge in [0.1, 0.15) is 0 Å². The number of amides is 1. The molecule has 1 rings (SSSR count). The van der Waals surface area contributed by atoms with E-state index < -0.39 is 5.60 Å². The zero-order valence-electron chi connectivity index (χ0n) is 7.16. The lowest BCUT2D eigenvalue weighted by Gasteiger charge is -2.19. The van der Waals surface area contributed by atoms with Crippen molar-refractivity contribution in [3.05, 3.63) is 0 Å². The standard InChI is InChI=1S/C7H12N2O3/c1-7(3-4-11-2)5(10)9-6(8)12-7/h3-4H2,1-2H3,(H2,8,9,10). The second-order valence-electron chi connectivity index (χ2n) is 2.83. The van der Waals surface area contributed by atoms with Crippen molar-refractivity contribution in [3.8, 4) is 0 Å². The number of hydrogen-bond donors (Lipinski definition) is 1. The summed E-state index contributed by atoms with van der Waals surface area (Å²) in [4.78, 5) is 14.6. The number of hydrogen-bond acceptors (Lipinski definition) is 4. The van der Waals surface area contributed by atoms with Gasteiger partial charge in [0.15, 0.2) is 5.60 Å². The number of rotatable bonds is 3. The molecule has 2 N–H and O–H groups in total. The van der Waals surface area contributed by atoms with Crippen LogP contribution in [0.2, 0.25) is 0 Å². The van der Waals surface area contributed by atoms with Crippen molar-refractivity contribution in [1.29, 1.82) is 0 Å². The molecule has 0 bridgehead atoms. The first-order valence-electron chi connectivity index (χ1n) is 3.65. The maximum Gasteiger partial charge on any atom is 0.294 e. The molecule has 12 heavy (non-hydrogen) atoms. The summed E-state index contributed by atoms with van der Waals surface area (Å²) in [5.41, 5.74) is 4.32. The molecule has 0 spiro atoms. The van der Waals surface area contributed by atoms with Crippen molar-refractivity contribution in [2.45, 2.75) is 18.9 Å². The van der Waals surface area contributed by atoms with Gasteiger partial charge in [-0.15, -0.1) is 0 Å². The highest BCUT2D eigenvalue weighted by Gasteiger charge is 2.40. The number of nitrogens with zero attached hydrogens (tertiary/aromatic N) is 1. The van der Waals surface area contributed by atoms with Gasteiger partial charge in [-0.3, -0.25) is 4.79 Å². The fourth-order valence-corrected chi connectivity index (χ4v) is 0.970. The molecule has 1 aliphatic rings. The van der Waals surface area contributed by atoms with E-state index in [1.54, 1.807) is 14.0 Å². The maximum atomic E-state index is 11.2. The van der Waals surface area contributed by atoms with E-state index in [-0.39, 0.29) is 11.9 Å². The summed E-state index contributed by atoms with van der Waals surface area (Å²) in [5, 5.41) is 0. The Morgan fingerprint density at radius 2 is 2.42 bits per heavy atom. The van der Waals surface area contributed by atoms with Crippen molar-refractivity contribution < 1.29 is 14.3 Å². The molecule has 1 aliphatic heterocycles. The van der Waals surface area contributed by atoms with Crippen molar-refractivity contribution >= 4 is 11.9 Å². The van der Waals surface area contributed by atoms with E-state index in [1.165, 1.54) is 0 Å².